The first-order valence-electron chi connectivity index (χ1n) is 10.1. The Bertz CT molecular complexity index is 788. The minimum atomic E-state index is -0.480. The monoisotopic (exact) mass is 350 g/mol. The molecule has 3 atom stereocenters. The molecule has 4 aliphatic rings. The molecule has 0 radical (unpaired) electrons. The largest absolute Gasteiger partial charge is 0.372 e. The molecule has 3 heteroatoms. The molecule has 0 amide bonds. The van der Waals surface area contributed by atoms with Gasteiger partial charge in [-0.05, 0) is 49.5 Å². The molecule has 0 aromatic carbocycles. The molecule has 26 heavy (non-hydrogen) atoms. The van der Waals surface area contributed by atoms with Crippen LogP contribution in [0.15, 0.2) is 35.1 Å². The maximum absolute atomic E-state index is 12.9. The van der Waals surface area contributed by atoms with Crippen LogP contribution in [0, 0.1) is 33.5 Å². The fraction of sp³-hybridized carbons (Fsp3) is 0.652. The topological polar surface area (TPSA) is 44.1 Å². The second-order valence-corrected chi connectivity index (χ2v) is 9.74. The van der Waals surface area contributed by atoms with Crippen LogP contribution in [-0.2, 0) is 4.79 Å². The van der Waals surface area contributed by atoms with Crippen LogP contribution in [0.25, 0.3) is 0 Å². The summed E-state index contributed by atoms with van der Waals surface area (Å²) in [7, 11) is 0. The Kier molecular flexibility index (Phi) is 3.78. The summed E-state index contributed by atoms with van der Waals surface area (Å²) in [6, 6.07) is 2.20. The van der Waals surface area contributed by atoms with Gasteiger partial charge in [0.05, 0.1) is 5.57 Å². The van der Waals surface area contributed by atoms with E-state index in [1.54, 1.807) is 0 Å². The van der Waals surface area contributed by atoms with Crippen molar-refractivity contribution < 1.29 is 4.79 Å². The zero-order valence-corrected chi connectivity index (χ0v) is 16.6. The zero-order valence-electron chi connectivity index (χ0n) is 16.6. The van der Waals surface area contributed by atoms with Crippen LogP contribution >= 0.6 is 0 Å². The van der Waals surface area contributed by atoms with Crippen molar-refractivity contribution in [3.63, 3.8) is 0 Å². The predicted octanol–water partition coefficient (Wildman–Crippen LogP) is 4.78. The smallest absolute Gasteiger partial charge is 0.178 e. The van der Waals surface area contributed by atoms with Crippen LogP contribution in [0.5, 0.6) is 0 Å². The quantitative estimate of drug-likeness (QED) is 0.684. The summed E-state index contributed by atoms with van der Waals surface area (Å²) in [4.78, 5) is 15.4. The molecule has 0 unspecified atom stereocenters. The van der Waals surface area contributed by atoms with Crippen LogP contribution in [0.3, 0.4) is 0 Å². The van der Waals surface area contributed by atoms with E-state index in [2.05, 4.69) is 37.0 Å². The van der Waals surface area contributed by atoms with E-state index in [0.717, 1.165) is 32.4 Å². The molecule has 4 rings (SSSR count). The molecule has 1 aliphatic heterocycles. The van der Waals surface area contributed by atoms with Gasteiger partial charge in [0.15, 0.2) is 5.78 Å². The summed E-state index contributed by atoms with van der Waals surface area (Å²) in [5.41, 5.74) is 2.61. The third-order valence-corrected chi connectivity index (χ3v) is 7.73. The van der Waals surface area contributed by atoms with Gasteiger partial charge in [-0.15, -0.1) is 0 Å². The number of nitrogens with zero attached hydrogens (tertiary/aromatic N) is 2. The summed E-state index contributed by atoms with van der Waals surface area (Å²) in [6.45, 7) is 11.0. The number of hydrogen-bond acceptors (Lipinski definition) is 3. The number of carbonyl (C=O) groups is 1. The Labute approximate surface area is 157 Å². The molecule has 0 N–H and O–H groups in total. The van der Waals surface area contributed by atoms with Crippen molar-refractivity contribution in [1.29, 1.82) is 5.26 Å². The Morgan fingerprint density at radius 2 is 1.88 bits per heavy atom. The molecule has 0 aromatic rings. The van der Waals surface area contributed by atoms with E-state index in [-0.39, 0.29) is 22.5 Å². The van der Waals surface area contributed by atoms with E-state index in [0.29, 0.717) is 5.57 Å². The first-order valence-corrected chi connectivity index (χ1v) is 10.1. The van der Waals surface area contributed by atoms with Gasteiger partial charge in [-0.2, -0.15) is 5.26 Å². The Morgan fingerprint density at radius 1 is 1.19 bits per heavy atom. The average Bonchev–Trinajstić information content (AvgIpc) is 3.12. The van der Waals surface area contributed by atoms with Crippen LogP contribution < -0.4 is 0 Å². The van der Waals surface area contributed by atoms with Gasteiger partial charge in [-0.3, -0.25) is 4.79 Å². The van der Waals surface area contributed by atoms with Crippen LogP contribution in [0.2, 0.25) is 0 Å². The van der Waals surface area contributed by atoms with Gasteiger partial charge in [0, 0.05) is 29.6 Å². The lowest BCUT2D eigenvalue weighted by atomic mass is 9.45. The third-order valence-electron chi connectivity index (χ3n) is 7.73. The molecule has 3 nitrogen and oxygen atoms in total. The highest BCUT2D eigenvalue weighted by Gasteiger charge is 2.58. The van der Waals surface area contributed by atoms with E-state index >= 15 is 0 Å². The molecule has 0 spiro atoms. The fourth-order valence-electron chi connectivity index (χ4n) is 6.25. The summed E-state index contributed by atoms with van der Waals surface area (Å²) < 4.78 is 0. The summed E-state index contributed by atoms with van der Waals surface area (Å²) in [5, 5.41) is 9.61. The molecular weight excluding hydrogens is 320 g/mol. The van der Waals surface area contributed by atoms with Crippen molar-refractivity contribution in [1.82, 2.24) is 4.90 Å². The Morgan fingerprint density at radius 3 is 2.54 bits per heavy atom. The minimum Gasteiger partial charge on any atom is -0.372 e. The van der Waals surface area contributed by atoms with Crippen molar-refractivity contribution in [2.75, 3.05) is 13.1 Å². The van der Waals surface area contributed by atoms with Crippen molar-refractivity contribution in [3.8, 4) is 6.07 Å². The number of likely N-dealkylation sites (tertiary alicyclic amines) is 1. The second kappa shape index (κ2) is 5.59. The van der Waals surface area contributed by atoms with Gasteiger partial charge in [0.1, 0.15) is 6.07 Å². The number of allylic oxidation sites excluding steroid dienone is 5. The third kappa shape index (κ3) is 2.27. The van der Waals surface area contributed by atoms with Crippen LogP contribution in [0.4, 0.5) is 0 Å². The first kappa shape index (κ1) is 17.6. The molecule has 1 saturated heterocycles. The Hall–Kier alpha value is -1.82. The number of ketones is 1. The number of fused-ring (bicyclic) bond motifs is 3. The predicted molar refractivity (Wildman–Crippen MR) is 103 cm³/mol. The molecule has 138 valence electrons. The van der Waals surface area contributed by atoms with E-state index < -0.39 is 5.41 Å². The highest BCUT2D eigenvalue weighted by Crippen LogP contribution is 2.64. The molecular formula is C23H30N2O. The number of rotatable bonds is 1. The van der Waals surface area contributed by atoms with E-state index in [4.69, 9.17) is 0 Å². The fourth-order valence-corrected chi connectivity index (χ4v) is 6.25. The normalized spacial score (nSPS) is 38.6. The summed E-state index contributed by atoms with van der Waals surface area (Å²) in [6.07, 6.45) is 12.6. The summed E-state index contributed by atoms with van der Waals surface area (Å²) >= 11 is 0. The van der Waals surface area contributed by atoms with Gasteiger partial charge in [0.2, 0.25) is 0 Å². The highest BCUT2D eigenvalue weighted by atomic mass is 16.1. The molecule has 1 saturated carbocycles. The van der Waals surface area contributed by atoms with Gasteiger partial charge in [-0.1, -0.05) is 45.4 Å². The van der Waals surface area contributed by atoms with E-state index in [1.165, 1.54) is 24.1 Å². The molecule has 0 aromatic heterocycles. The van der Waals surface area contributed by atoms with Crippen molar-refractivity contribution in [3.05, 3.63) is 35.1 Å². The molecule has 2 fully saturated rings. The second-order valence-electron chi connectivity index (χ2n) is 9.74. The zero-order chi connectivity index (χ0) is 18.7. The molecule has 0 bridgehead atoms. The Balaban J connectivity index is 1.86. The summed E-state index contributed by atoms with van der Waals surface area (Å²) in [5.74, 6) is 0.287. The maximum atomic E-state index is 12.9. The van der Waals surface area contributed by atoms with Gasteiger partial charge < -0.3 is 4.90 Å². The van der Waals surface area contributed by atoms with E-state index in [9.17, 15) is 10.1 Å². The van der Waals surface area contributed by atoms with E-state index in [1.807, 2.05) is 19.9 Å². The van der Waals surface area contributed by atoms with Gasteiger partial charge in [0.25, 0.3) is 0 Å². The SMILES string of the molecule is CC1(C)C(=O)C(C#N)=C[C@]2(C)C3=CC(N4CCCC4)=CC[C@]3(C)CC[C@@H]12. The number of carbonyl (C=O) groups excluding carboxylic acids is 1. The van der Waals surface area contributed by atoms with Crippen molar-refractivity contribution >= 4 is 5.78 Å². The minimum absolute atomic E-state index is 0.0257. The maximum Gasteiger partial charge on any atom is 0.178 e. The first-order chi connectivity index (χ1) is 12.2. The number of nitriles is 1. The van der Waals surface area contributed by atoms with Gasteiger partial charge >= 0.3 is 0 Å². The van der Waals surface area contributed by atoms with Crippen LogP contribution in [-0.4, -0.2) is 23.8 Å². The number of hydrogen-bond donors (Lipinski definition) is 0. The van der Waals surface area contributed by atoms with Gasteiger partial charge in [-0.25, -0.2) is 0 Å². The lowest BCUT2D eigenvalue weighted by Crippen LogP contribution is -2.53. The number of Topliss-reactive ketones (excluding diaryl/α,β-unsaturated/α-hetero) is 1. The average molecular weight is 351 g/mol. The van der Waals surface area contributed by atoms with Crippen LogP contribution in [0.1, 0.15) is 59.8 Å². The lowest BCUT2D eigenvalue weighted by Gasteiger charge is -2.58. The van der Waals surface area contributed by atoms with Crippen molar-refractivity contribution in [2.24, 2.45) is 22.2 Å². The lowest BCUT2D eigenvalue weighted by molar-refractivity contribution is -0.130. The molecule has 3 aliphatic carbocycles. The standard InChI is InChI=1S/C23H30N2O/c1-21(2)18-8-10-22(3)9-7-17(25-11-5-6-12-25)13-19(22)23(18,4)14-16(15-24)20(21)26/h7,13-14,18H,5-6,8-12H2,1-4H3/t18-,22+,23-/m0/s1. The highest BCUT2D eigenvalue weighted by molar-refractivity contribution is 6.04. The van der Waals surface area contributed by atoms with Crippen molar-refractivity contribution in [2.45, 2.75) is 59.8 Å². The molecule has 1 heterocycles.